The second kappa shape index (κ2) is 19.1. The Bertz CT molecular complexity index is 263. The lowest BCUT2D eigenvalue weighted by Crippen LogP contribution is -2.49. The molecule has 12 heteroatoms. The monoisotopic (exact) mass is 404 g/mol. The van der Waals surface area contributed by atoms with Crippen LogP contribution in [-0.4, -0.2) is 142 Å². The van der Waals surface area contributed by atoms with Gasteiger partial charge in [0, 0.05) is 9.17 Å². The molecule has 0 rings (SSSR count). The minimum atomic E-state index is -3.63. The Morgan fingerprint density at radius 2 is 0.692 bits per heavy atom. The van der Waals surface area contributed by atoms with Crippen LogP contribution < -0.4 is 9.59 Å². The summed E-state index contributed by atoms with van der Waals surface area (Å²) in [5.41, 5.74) is 0. The topological polar surface area (TPSA) is 185 Å². The van der Waals surface area contributed by atoms with E-state index in [0.29, 0.717) is 48.2 Å². The highest BCUT2D eigenvalue weighted by atomic mass is 28.3. The van der Waals surface area contributed by atoms with E-state index in [1.54, 1.807) is 0 Å². The first-order chi connectivity index (χ1) is 12.1. The Morgan fingerprint density at radius 1 is 0.577 bits per heavy atom. The van der Waals surface area contributed by atoms with Gasteiger partial charge in [-0.2, -0.15) is 0 Å². The Morgan fingerprint density at radius 3 is 0.769 bits per heavy atom. The third kappa shape index (κ3) is 21.3. The number of nitrogens with zero attached hydrogens (tertiary/aromatic N) is 2. The van der Waals surface area contributed by atoms with Crippen LogP contribution >= 0.6 is 0 Å². The third-order valence-electron chi connectivity index (χ3n) is 3.84. The molecule has 0 amide bonds. The van der Waals surface area contributed by atoms with Gasteiger partial charge in [-0.25, -0.2) is 0 Å². The fourth-order valence-electron chi connectivity index (χ4n) is 2.12. The van der Waals surface area contributed by atoms with Crippen molar-refractivity contribution < 1.29 is 53.7 Å². The van der Waals surface area contributed by atoms with Gasteiger partial charge in [-0.15, -0.1) is 0 Å². The lowest BCUT2D eigenvalue weighted by atomic mass is 10.4. The van der Waals surface area contributed by atoms with E-state index in [1.165, 1.54) is 0 Å². The van der Waals surface area contributed by atoms with Crippen LogP contribution in [0.3, 0.4) is 0 Å². The lowest BCUT2D eigenvalue weighted by molar-refractivity contribution is -0.910. The van der Waals surface area contributed by atoms with Crippen LogP contribution in [0.1, 0.15) is 0 Å². The second-order valence-electron chi connectivity index (χ2n) is 6.17. The van der Waals surface area contributed by atoms with E-state index in [2.05, 4.69) is 0 Å². The third-order valence-corrected chi connectivity index (χ3v) is 3.84. The van der Waals surface area contributed by atoms with Crippen molar-refractivity contribution in [2.75, 3.05) is 93.0 Å². The van der Waals surface area contributed by atoms with Crippen molar-refractivity contribution in [1.29, 1.82) is 0 Å². The molecule has 26 heavy (non-hydrogen) atoms. The molecule has 0 spiro atoms. The summed E-state index contributed by atoms with van der Waals surface area (Å²) >= 11 is 0. The van der Waals surface area contributed by atoms with E-state index in [-0.39, 0.29) is 39.6 Å². The van der Waals surface area contributed by atoms with Crippen LogP contribution in [0.4, 0.5) is 0 Å². The highest BCUT2D eigenvalue weighted by Gasteiger charge is 2.19. The maximum atomic E-state index is 8.68. The Hall–Kier alpha value is -0.703. The molecule has 0 radical (unpaired) electrons. The van der Waals surface area contributed by atoms with Crippen LogP contribution in [0, 0.1) is 0 Å². The minimum Gasteiger partial charge on any atom is -0.672 e. The van der Waals surface area contributed by atoms with Gasteiger partial charge in [0.25, 0.3) is 0 Å². The molecule has 0 aliphatic rings. The highest BCUT2D eigenvalue weighted by molar-refractivity contribution is 6.17. The highest BCUT2D eigenvalue weighted by Crippen LogP contribution is 1.99. The average Bonchev–Trinajstić information content (AvgIpc) is 2.48. The number of quaternary nitrogens is 2. The van der Waals surface area contributed by atoms with E-state index in [9.17, 15) is 0 Å². The van der Waals surface area contributed by atoms with Crippen molar-refractivity contribution in [2.45, 2.75) is 0 Å². The predicted octanol–water partition coefficient (Wildman–Crippen LogP) is -6.06. The largest absolute Gasteiger partial charge is 0.672 e. The Kier molecular flexibility index (Phi) is 22.0. The Balaban J connectivity index is -0.000000338. The lowest BCUT2D eigenvalue weighted by Gasteiger charge is -2.32. The van der Waals surface area contributed by atoms with Crippen molar-refractivity contribution in [3.8, 4) is 0 Å². The summed E-state index contributed by atoms with van der Waals surface area (Å²) in [7, 11) is 0.181. The van der Waals surface area contributed by atoms with Gasteiger partial charge in [0.05, 0.1) is 53.7 Å². The number of aliphatic hydroxyl groups excluding tert-OH is 6. The molecular weight excluding hydrogens is 368 g/mol. The molecule has 0 aromatic carbocycles. The zero-order valence-corrected chi connectivity index (χ0v) is 16.8. The molecule has 0 heterocycles. The SMILES string of the molecule is C[N+](CCO)(CCO)CCO.C[N+](CCO)(CCO)CCO.O=[Si]([O-])[O-]. The number of hydrogen-bond acceptors (Lipinski definition) is 9. The molecule has 0 fully saturated rings. The summed E-state index contributed by atoms with van der Waals surface area (Å²) in [6.45, 7) is 4.07. The van der Waals surface area contributed by atoms with Crippen LogP contribution in [-0.2, 0) is 4.46 Å². The van der Waals surface area contributed by atoms with Gasteiger partial charge in [-0.1, -0.05) is 0 Å². The van der Waals surface area contributed by atoms with Gasteiger partial charge in [-0.3, -0.25) is 0 Å². The maximum absolute atomic E-state index is 8.68. The van der Waals surface area contributed by atoms with Crippen molar-refractivity contribution in [3.05, 3.63) is 0 Å². The molecule has 0 saturated heterocycles. The number of aliphatic hydroxyl groups is 6. The van der Waals surface area contributed by atoms with Crippen molar-refractivity contribution in [1.82, 2.24) is 0 Å². The minimum absolute atomic E-state index is 0.0938. The van der Waals surface area contributed by atoms with E-state index in [1.807, 2.05) is 14.1 Å². The van der Waals surface area contributed by atoms with Gasteiger partial charge >= 0.3 is 0 Å². The molecule has 11 nitrogen and oxygen atoms in total. The summed E-state index contributed by atoms with van der Waals surface area (Å²) in [5.74, 6) is 0. The molecule has 0 saturated carbocycles. The smallest absolute Gasteiger partial charge is 0.102 e. The number of likely N-dealkylation sites (N-methyl/N-ethyl adjacent to an activating group) is 2. The van der Waals surface area contributed by atoms with Crippen molar-refractivity contribution >= 4 is 9.17 Å². The summed E-state index contributed by atoms with van der Waals surface area (Å²) < 4.78 is 9.58. The first kappa shape index (κ1) is 30.0. The van der Waals surface area contributed by atoms with E-state index in [4.69, 9.17) is 44.7 Å². The van der Waals surface area contributed by atoms with Gasteiger partial charge in [0.1, 0.15) is 39.3 Å². The summed E-state index contributed by atoms with van der Waals surface area (Å²) in [6.07, 6.45) is 0. The van der Waals surface area contributed by atoms with Crippen LogP contribution in [0.25, 0.3) is 0 Å². The summed E-state index contributed by atoms with van der Waals surface area (Å²) in [5, 5.41) is 52.1. The maximum Gasteiger partial charge on any atom is 0.102 e. The molecule has 0 bridgehead atoms. The normalized spacial score (nSPS) is 11.1. The zero-order chi connectivity index (χ0) is 21.1. The molecule has 0 unspecified atom stereocenters. The van der Waals surface area contributed by atoms with E-state index < -0.39 is 9.17 Å². The van der Waals surface area contributed by atoms with Crippen molar-refractivity contribution in [2.24, 2.45) is 0 Å². The molecular formula is C14H36N2O9Si. The van der Waals surface area contributed by atoms with E-state index in [0.717, 1.165) is 0 Å². The molecule has 160 valence electrons. The molecule has 0 aromatic rings. The average molecular weight is 405 g/mol. The van der Waals surface area contributed by atoms with Gasteiger partial charge in [-0.05, 0) is 0 Å². The van der Waals surface area contributed by atoms with Gasteiger partial charge in [0.15, 0.2) is 0 Å². The zero-order valence-electron chi connectivity index (χ0n) is 15.8. The number of rotatable bonds is 12. The molecule has 0 atom stereocenters. The fourth-order valence-corrected chi connectivity index (χ4v) is 2.12. The Labute approximate surface area is 156 Å². The fraction of sp³-hybridized carbons (Fsp3) is 1.00. The van der Waals surface area contributed by atoms with Crippen molar-refractivity contribution in [3.63, 3.8) is 0 Å². The first-order valence-corrected chi connectivity index (χ1v) is 9.53. The van der Waals surface area contributed by atoms with Gasteiger partial charge in [0.2, 0.25) is 0 Å². The summed E-state index contributed by atoms with van der Waals surface area (Å²) in [6, 6.07) is 0. The van der Waals surface area contributed by atoms with E-state index >= 15 is 0 Å². The number of hydrogen-bond donors (Lipinski definition) is 6. The quantitative estimate of drug-likeness (QED) is 0.136. The molecule has 0 aromatic heterocycles. The molecule has 0 aliphatic heterocycles. The van der Waals surface area contributed by atoms with Crippen LogP contribution in [0.15, 0.2) is 0 Å². The van der Waals surface area contributed by atoms with Gasteiger partial charge < -0.3 is 53.7 Å². The molecule has 0 aliphatic carbocycles. The summed E-state index contributed by atoms with van der Waals surface area (Å²) in [4.78, 5) is 17.0. The van der Waals surface area contributed by atoms with Crippen LogP contribution in [0.5, 0.6) is 0 Å². The predicted molar refractivity (Wildman–Crippen MR) is 90.5 cm³/mol. The second-order valence-corrected chi connectivity index (χ2v) is 6.67. The standard InChI is InChI=1S/2C7H18NO3.O3Si/c2*1-8(2-5-9,3-6-10)4-7-11;1-4(2)3/h2*9-11H,2-7H2,1H3;/q2*+1;-2. The van der Waals surface area contributed by atoms with Crippen LogP contribution in [0.2, 0.25) is 0 Å². The molecule has 6 N–H and O–H groups in total. The first-order valence-electron chi connectivity index (χ1n) is 8.30.